The van der Waals surface area contributed by atoms with Crippen molar-refractivity contribution in [1.82, 2.24) is 19.4 Å². The molecule has 0 aliphatic carbocycles. The highest BCUT2D eigenvalue weighted by molar-refractivity contribution is 7.99. The molecule has 6 heteroatoms. The fraction of sp³-hybridized carbons (Fsp3) is 0.231. The van der Waals surface area contributed by atoms with Gasteiger partial charge in [0.05, 0.1) is 5.69 Å². The molecule has 0 amide bonds. The maximum atomic E-state index is 5.94. The number of fused-ring (bicyclic) bond motifs is 1. The highest BCUT2D eigenvalue weighted by Crippen LogP contribution is 2.28. The first-order valence-electron chi connectivity index (χ1n) is 6.13. The highest BCUT2D eigenvalue weighted by Gasteiger charge is 2.15. The molecule has 0 saturated heterocycles. The Morgan fingerprint density at radius 2 is 2.37 bits per heavy atom. The minimum atomic E-state index is 0.0936. The number of nitrogens with one attached hydrogen (secondary N) is 1. The van der Waals surface area contributed by atoms with Crippen molar-refractivity contribution in [3.63, 3.8) is 0 Å². The second kappa shape index (κ2) is 5.07. The third-order valence-corrected chi connectivity index (χ3v) is 3.71. The van der Waals surface area contributed by atoms with Crippen molar-refractivity contribution in [2.24, 2.45) is 5.73 Å². The summed E-state index contributed by atoms with van der Waals surface area (Å²) in [6.07, 6.45) is 6.35. The quantitative estimate of drug-likeness (QED) is 0.763. The van der Waals surface area contributed by atoms with Gasteiger partial charge in [-0.1, -0.05) is 6.07 Å². The molecule has 0 spiro atoms. The first-order valence-corrected chi connectivity index (χ1v) is 6.94. The number of aromatic amines is 1. The number of pyridine rings is 1. The maximum Gasteiger partial charge on any atom is 0.171 e. The number of hydrogen-bond donors (Lipinski definition) is 2. The number of aromatic nitrogens is 4. The van der Waals surface area contributed by atoms with Gasteiger partial charge in [-0.05, 0) is 30.8 Å². The molecule has 3 rings (SSSR count). The first kappa shape index (κ1) is 12.3. The molecule has 3 heterocycles. The standard InChI is InChI=1S/C13H15N5S/c1-9(14)8-10-12(19-13-15-5-6-16-13)17-11-4-2-3-7-18(10)11/h2-7,9H,8,14H2,1H3,(H,15,16). The topological polar surface area (TPSA) is 72.0 Å². The van der Waals surface area contributed by atoms with E-state index in [1.807, 2.05) is 37.5 Å². The van der Waals surface area contributed by atoms with Crippen molar-refractivity contribution in [1.29, 1.82) is 0 Å². The third-order valence-electron chi connectivity index (χ3n) is 2.77. The molecular weight excluding hydrogens is 258 g/mol. The van der Waals surface area contributed by atoms with Crippen molar-refractivity contribution >= 4 is 17.4 Å². The van der Waals surface area contributed by atoms with Crippen LogP contribution in [0.5, 0.6) is 0 Å². The maximum absolute atomic E-state index is 5.94. The van der Waals surface area contributed by atoms with Crippen LogP contribution >= 0.6 is 11.8 Å². The average molecular weight is 273 g/mol. The van der Waals surface area contributed by atoms with E-state index in [9.17, 15) is 0 Å². The lowest BCUT2D eigenvalue weighted by Gasteiger charge is -2.06. The van der Waals surface area contributed by atoms with E-state index in [4.69, 9.17) is 5.73 Å². The molecule has 0 aliphatic heterocycles. The van der Waals surface area contributed by atoms with Gasteiger partial charge in [-0.25, -0.2) is 9.97 Å². The number of hydrogen-bond acceptors (Lipinski definition) is 4. The van der Waals surface area contributed by atoms with Crippen molar-refractivity contribution in [3.05, 3.63) is 42.5 Å². The minimum absolute atomic E-state index is 0.0936. The predicted molar refractivity (Wildman–Crippen MR) is 75.3 cm³/mol. The van der Waals surface area contributed by atoms with Gasteiger partial charge in [-0.15, -0.1) is 0 Å². The molecule has 3 aromatic heterocycles. The number of nitrogens with zero attached hydrogens (tertiary/aromatic N) is 3. The van der Waals surface area contributed by atoms with E-state index in [2.05, 4.69) is 19.4 Å². The molecular formula is C13H15N5S. The molecule has 19 heavy (non-hydrogen) atoms. The van der Waals surface area contributed by atoms with Gasteiger partial charge >= 0.3 is 0 Å². The zero-order valence-corrected chi connectivity index (χ0v) is 11.4. The van der Waals surface area contributed by atoms with Gasteiger partial charge in [0.15, 0.2) is 5.16 Å². The summed E-state index contributed by atoms with van der Waals surface area (Å²) in [5.74, 6) is 0. The largest absolute Gasteiger partial charge is 0.339 e. The van der Waals surface area contributed by atoms with Crippen molar-refractivity contribution < 1.29 is 0 Å². The molecule has 0 aromatic carbocycles. The van der Waals surface area contributed by atoms with Gasteiger partial charge in [-0.3, -0.25) is 0 Å². The van der Waals surface area contributed by atoms with Crippen LogP contribution < -0.4 is 5.73 Å². The number of rotatable bonds is 4. The molecule has 1 atom stereocenters. The summed E-state index contributed by atoms with van der Waals surface area (Å²) >= 11 is 1.53. The van der Waals surface area contributed by atoms with Crippen LogP contribution in [-0.2, 0) is 6.42 Å². The van der Waals surface area contributed by atoms with Crippen LogP contribution in [0.4, 0.5) is 0 Å². The summed E-state index contributed by atoms with van der Waals surface area (Å²) in [6.45, 7) is 2.00. The zero-order valence-electron chi connectivity index (χ0n) is 10.6. The normalized spacial score (nSPS) is 12.9. The molecule has 3 aromatic rings. The number of nitrogens with two attached hydrogens (primary N) is 1. The van der Waals surface area contributed by atoms with Crippen molar-refractivity contribution in [2.45, 2.75) is 29.6 Å². The Labute approximate surface area is 115 Å². The minimum Gasteiger partial charge on any atom is -0.339 e. The van der Waals surface area contributed by atoms with E-state index >= 15 is 0 Å². The Balaban J connectivity index is 2.06. The van der Waals surface area contributed by atoms with Crippen LogP contribution in [0.3, 0.4) is 0 Å². The van der Waals surface area contributed by atoms with Crippen LogP contribution in [0.15, 0.2) is 47.0 Å². The van der Waals surface area contributed by atoms with E-state index in [0.717, 1.165) is 27.9 Å². The molecule has 5 nitrogen and oxygen atoms in total. The van der Waals surface area contributed by atoms with Crippen LogP contribution in [-0.4, -0.2) is 25.4 Å². The number of imidazole rings is 2. The Morgan fingerprint density at radius 3 is 3.11 bits per heavy atom. The summed E-state index contributed by atoms with van der Waals surface area (Å²) in [5.41, 5.74) is 8.01. The lowest BCUT2D eigenvalue weighted by Crippen LogP contribution is -2.19. The van der Waals surface area contributed by atoms with E-state index in [-0.39, 0.29) is 6.04 Å². The fourth-order valence-electron chi connectivity index (χ4n) is 2.00. The smallest absolute Gasteiger partial charge is 0.171 e. The molecule has 0 aliphatic rings. The SMILES string of the molecule is CC(N)Cc1c(Sc2ncc[nH]2)nc2ccccn12. The Hall–Kier alpha value is -1.79. The zero-order chi connectivity index (χ0) is 13.2. The predicted octanol–water partition coefficient (Wildman–Crippen LogP) is 2.10. The molecule has 0 saturated carbocycles. The van der Waals surface area contributed by atoms with Gasteiger partial charge < -0.3 is 15.1 Å². The molecule has 0 radical (unpaired) electrons. The second-order valence-electron chi connectivity index (χ2n) is 4.47. The third kappa shape index (κ3) is 2.50. The average Bonchev–Trinajstić information content (AvgIpc) is 2.99. The van der Waals surface area contributed by atoms with Gasteiger partial charge in [0, 0.05) is 31.1 Å². The van der Waals surface area contributed by atoms with Gasteiger partial charge in [0.2, 0.25) is 0 Å². The summed E-state index contributed by atoms with van der Waals surface area (Å²) in [4.78, 5) is 12.0. The molecule has 98 valence electrons. The van der Waals surface area contributed by atoms with Crippen molar-refractivity contribution in [2.75, 3.05) is 0 Å². The van der Waals surface area contributed by atoms with Crippen LogP contribution in [0.2, 0.25) is 0 Å². The Bertz CT molecular complexity index is 671. The summed E-state index contributed by atoms with van der Waals surface area (Å²) in [7, 11) is 0. The van der Waals surface area contributed by atoms with Crippen LogP contribution in [0.25, 0.3) is 5.65 Å². The van der Waals surface area contributed by atoms with E-state index < -0.39 is 0 Å². The van der Waals surface area contributed by atoms with Gasteiger partial charge in [0.25, 0.3) is 0 Å². The summed E-state index contributed by atoms with van der Waals surface area (Å²) in [5, 5.41) is 1.80. The van der Waals surface area contributed by atoms with Gasteiger partial charge in [-0.2, -0.15) is 0 Å². The molecule has 3 N–H and O–H groups in total. The van der Waals surface area contributed by atoms with E-state index in [0.29, 0.717) is 0 Å². The summed E-state index contributed by atoms with van der Waals surface area (Å²) in [6, 6.07) is 6.08. The summed E-state index contributed by atoms with van der Waals surface area (Å²) < 4.78 is 2.09. The van der Waals surface area contributed by atoms with Gasteiger partial charge in [0.1, 0.15) is 10.7 Å². The fourth-order valence-corrected chi connectivity index (χ4v) is 2.86. The Morgan fingerprint density at radius 1 is 1.47 bits per heavy atom. The number of H-pyrrole nitrogens is 1. The van der Waals surface area contributed by atoms with E-state index in [1.54, 1.807) is 6.20 Å². The first-order chi connectivity index (χ1) is 9.24. The molecule has 0 bridgehead atoms. The second-order valence-corrected chi connectivity index (χ2v) is 5.45. The highest BCUT2D eigenvalue weighted by atomic mass is 32.2. The van der Waals surface area contributed by atoms with E-state index in [1.165, 1.54) is 11.8 Å². The van der Waals surface area contributed by atoms with Crippen molar-refractivity contribution in [3.8, 4) is 0 Å². The molecule has 0 fully saturated rings. The molecule has 1 unspecified atom stereocenters. The lowest BCUT2D eigenvalue weighted by atomic mass is 10.2. The monoisotopic (exact) mass is 273 g/mol. The van der Waals surface area contributed by atoms with Crippen LogP contribution in [0.1, 0.15) is 12.6 Å². The Kier molecular flexibility index (Phi) is 3.27. The lowest BCUT2D eigenvalue weighted by molar-refractivity contribution is 0.705. The van der Waals surface area contributed by atoms with Crippen LogP contribution in [0, 0.1) is 0 Å².